The lowest BCUT2D eigenvalue weighted by Gasteiger charge is -2.31. The number of ether oxygens (including phenoxy) is 1. The quantitative estimate of drug-likeness (QED) is 0.656. The van der Waals surface area contributed by atoms with E-state index in [1.54, 1.807) is 6.20 Å². The Labute approximate surface area is 139 Å². The van der Waals surface area contributed by atoms with Gasteiger partial charge in [0.15, 0.2) is 0 Å². The average Bonchev–Trinajstić information content (AvgIpc) is 2.62. The minimum absolute atomic E-state index is 0.671. The molecule has 1 aliphatic rings. The van der Waals surface area contributed by atoms with E-state index in [2.05, 4.69) is 27.8 Å². The molecule has 0 radical (unpaired) electrons. The Morgan fingerprint density at radius 3 is 2.83 bits per heavy atom. The van der Waals surface area contributed by atoms with Crippen molar-refractivity contribution in [1.29, 1.82) is 5.26 Å². The summed E-state index contributed by atoms with van der Waals surface area (Å²) in [4.78, 5) is 9.18. The molecule has 2 rings (SSSR count). The van der Waals surface area contributed by atoms with E-state index >= 15 is 0 Å². The van der Waals surface area contributed by atoms with Gasteiger partial charge in [0, 0.05) is 38.9 Å². The molecule has 0 unspecified atom stereocenters. The third kappa shape index (κ3) is 5.81. The normalized spacial score (nSPS) is 15.3. The van der Waals surface area contributed by atoms with Crippen LogP contribution in [0.2, 0.25) is 0 Å². The van der Waals surface area contributed by atoms with E-state index < -0.39 is 0 Å². The molecule has 2 heterocycles. The molecule has 0 atom stereocenters. The first-order chi connectivity index (χ1) is 11.3. The smallest absolute Gasteiger partial charge is 0.146 e. The highest BCUT2D eigenvalue weighted by atomic mass is 16.5. The number of unbranched alkanes of at least 4 members (excludes halogenated alkanes) is 3. The van der Waals surface area contributed by atoms with Crippen LogP contribution in [-0.4, -0.2) is 55.8 Å². The van der Waals surface area contributed by atoms with Crippen molar-refractivity contribution in [3.8, 4) is 6.07 Å². The maximum atomic E-state index is 9.35. The number of morpholine rings is 1. The zero-order valence-electron chi connectivity index (χ0n) is 14.2. The Bertz CT molecular complexity index is 494. The highest BCUT2D eigenvalue weighted by Crippen LogP contribution is 2.17. The minimum Gasteiger partial charge on any atom is -0.379 e. The van der Waals surface area contributed by atoms with Crippen LogP contribution in [0.4, 0.5) is 5.82 Å². The van der Waals surface area contributed by atoms with Gasteiger partial charge in [-0.15, -0.1) is 0 Å². The second-order valence-electron chi connectivity index (χ2n) is 5.99. The van der Waals surface area contributed by atoms with Crippen LogP contribution in [0.1, 0.15) is 38.2 Å². The monoisotopic (exact) mass is 316 g/mol. The molecule has 0 aromatic carbocycles. The SMILES string of the molecule is CCCCCCN(CCN1CCOCC1)c1ncccc1C#N. The predicted molar refractivity (Wildman–Crippen MR) is 92.6 cm³/mol. The Balaban J connectivity index is 1.97. The van der Waals surface area contributed by atoms with Gasteiger partial charge in [-0.3, -0.25) is 4.90 Å². The Morgan fingerprint density at radius 2 is 2.09 bits per heavy atom. The van der Waals surface area contributed by atoms with Crippen LogP contribution in [0.3, 0.4) is 0 Å². The standard InChI is InChI=1S/C18H28N4O/c1-2-3-4-5-9-22(11-10-21-12-14-23-15-13-21)18-17(16-19)7-6-8-20-18/h6-8H,2-5,9-15H2,1H3. The van der Waals surface area contributed by atoms with Gasteiger partial charge in [-0.25, -0.2) is 4.98 Å². The average molecular weight is 316 g/mol. The fourth-order valence-corrected chi connectivity index (χ4v) is 2.88. The van der Waals surface area contributed by atoms with Gasteiger partial charge in [0.25, 0.3) is 0 Å². The molecule has 5 nitrogen and oxygen atoms in total. The number of anilines is 1. The number of rotatable bonds is 9. The van der Waals surface area contributed by atoms with Gasteiger partial charge in [0.1, 0.15) is 11.9 Å². The fraction of sp³-hybridized carbons (Fsp3) is 0.667. The lowest BCUT2D eigenvalue weighted by atomic mass is 10.2. The first-order valence-electron chi connectivity index (χ1n) is 8.75. The van der Waals surface area contributed by atoms with Gasteiger partial charge in [-0.1, -0.05) is 26.2 Å². The van der Waals surface area contributed by atoms with Crippen LogP contribution in [0, 0.1) is 11.3 Å². The maximum Gasteiger partial charge on any atom is 0.146 e. The van der Waals surface area contributed by atoms with Crippen molar-refractivity contribution in [3.05, 3.63) is 23.9 Å². The largest absolute Gasteiger partial charge is 0.379 e. The highest BCUT2D eigenvalue weighted by molar-refractivity contribution is 5.53. The lowest BCUT2D eigenvalue weighted by molar-refractivity contribution is 0.0391. The summed E-state index contributed by atoms with van der Waals surface area (Å²) in [5, 5.41) is 9.35. The number of nitriles is 1. The topological polar surface area (TPSA) is 52.4 Å². The predicted octanol–water partition coefficient (Wildman–Crippen LogP) is 2.67. The van der Waals surface area contributed by atoms with E-state index in [4.69, 9.17) is 4.74 Å². The number of hydrogen-bond donors (Lipinski definition) is 0. The van der Waals surface area contributed by atoms with Crippen molar-refractivity contribution in [3.63, 3.8) is 0 Å². The zero-order valence-corrected chi connectivity index (χ0v) is 14.2. The molecule has 0 saturated carbocycles. The van der Waals surface area contributed by atoms with Gasteiger partial charge < -0.3 is 9.64 Å². The molecule has 1 saturated heterocycles. The summed E-state index contributed by atoms with van der Waals surface area (Å²) in [6, 6.07) is 5.97. The van der Waals surface area contributed by atoms with Crippen molar-refractivity contribution in [2.45, 2.75) is 32.6 Å². The number of hydrogen-bond acceptors (Lipinski definition) is 5. The van der Waals surface area contributed by atoms with Crippen LogP contribution in [0.25, 0.3) is 0 Å². The van der Waals surface area contributed by atoms with Crippen LogP contribution < -0.4 is 4.90 Å². The number of nitrogens with zero attached hydrogens (tertiary/aromatic N) is 4. The van der Waals surface area contributed by atoms with Crippen LogP contribution in [0.15, 0.2) is 18.3 Å². The van der Waals surface area contributed by atoms with E-state index in [9.17, 15) is 5.26 Å². The van der Waals surface area contributed by atoms with E-state index in [0.29, 0.717) is 5.56 Å². The molecule has 5 heteroatoms. The first kappa shape index (κ1) is 17.7. The molecule has 1 aliphatic heterocycles. The summed E-state index contributed by atoms with van der Waals surface area (Å²) >= 11 is 0. The highest BCUT2D eigenvalue weighted by Gasteiger charge is 2.15. The number of aromatic nitrogens is 1. The molecule has 1 aromatic heterocycles. The summed E-state index contributed by atoms with van der Waals surface area (Å²) in [6.07, 6.45) is 6.67. The van der Waals surface area contributed by atoms with E-state index in [1.807, 2.05) is 12.1 Å². The van der Waals surface area contributed by atoms with E-state index in [1.165, 1.54) is 19.3 Å². The molecule has 0 amide bonds. The second-order valence-corrected chi connectivity index (χ2v) is 5.99. The molecule has 0 aliphatic carbocycles. The molecule has 0 spiro atoms. The Kier molecular flexibility index (Phi) is 7.85. The molecule has 1 aromatic rings. The molecule has 0 N–H and O–H groups in total. The van der Waals surface area contributed by atoms with Gasteiger partial charge in [0.2, 0.25) is 0 Å². The summed E-state index contributed by atoms with van der Waals surface area (Å²) in [5.74, 6) is 0.833. The summed E-state index contributed by atoms with van der Waals surface area (Å²) in [5.41, 5.74) is 0.671. The van der Waals surface area contributed by atoms with Gasteiger partial charge in [-0.2, -0.15) is 5.26 Å². The zero-order chi connectivity index (χ0) is 16.3. The molecule has 0 bridgehead atoms. The Hall–Kier alpha value is -1.64. The van der Waals surface area contributed by atoms with Crippen LogP contribution in [0.5, 0.6) is 0 Å². The van der Waals surface area contributed by atoms with E-state index in [-0.39, 0.29) is 0 Å². The van der Waals surface area contributed by atoms with Crippen molar-refractivity contribution < 1.29 is 4.74 Å². The lowest BCUT2D eigenvalue weighted by Crippen LogP contribution is -2.42. The number of pyridine rings is 1. The van der Waals surface area contributed by atoms with Crippen molar-refractivity contribution in [2.24, 2.45) is 0 Å². The minimum atomic E-state index is 0.671. The molecule has 1 fully saturated rings. The molecule has 126 valence electrons. The molecular formula is C18H28N4O. The van der Waals surface area contributed by atoms with Crippen LogP contribution >= 0.6 is 0 Å². The van der Waals surface area contributed by atoms with Gasteiger partial charge in [0.05, 0.1) is 18.8 Å². The van der Waals surface area contributed by atoms with Crippen molar-refractivity contribution in [2.75, 3.05) is 50.8 Å². The first-order valence-corrected chi connectivity index (χ1v) is 8.75. The van der Waals surface area contributed by atoms with Gasteiger partial charge in [-0.05, 0) is 18.6 Å². The van der Waals surface area contributed by atoms with E-state index in [0.717, 1.165) is 58.2 Å². The fourth-order valence-electron chi connectivity index (χ4n) is 2.88. The van der Waals surface area contributed by atoms with Crippen molar-refractivity contribution in [1.82, 2.24) is 9.88 Å². The summed E-state index contributed by atoms with van der Waals surface area (Å²) in [6.45, 7) is 8.75. The Morgan fingerprint density at radius 1 is 1.26 bits per heavy atom. The molecule has 23 heavy (non-hydrogen) atoms. The van der Waals surface area contributed by atoms with Crippen LogP contribution in [-0.2, 0) is 4.74 Å². The third-order valence-electron chi connectivity index (χ3n) is 4.28. The third-order valence-corrected chi connectivity index (χ3v) is 4.28. The maximum absolute atomic E-state index is 9.35. The second kappa shape index (κ2) is 10.2. The van der Waals surface area contributed by atoms with Gasteiger partial charge >= 0.3 is 0 Å². The molecular weight excluding hydrogens is 288 g/mol. The summed E-state index contributed by atoms with van der Waals surface area (Å²) in [7, 11) is 0. The van der Waals surface area contributed by atoms with Crippen molar-refractivity contribution >= 4 is 5.82 Å². The summed E-state index contributed by atoms with van der Waals surface area (Å²) < 4.78 is 5.41.